The Balaban J connectivity index is 1.25. The lowest BCUT2D eigenvalue weighted by atomic mass is 10.1. The number of amides is 1. The first-order valence-electron chi connectivity index (χ1n) is 11.3. The molecule has 0 aliphatic carbocycles. The van der Waals surface area contributed by atoms with Gasteiger partial charge in [0.2, 0.25) is 5.91 Å². The molecule has 31 heavy (non-hydrogen) atoms. The van der Waals surface area contributed by atoms with Crippen molar-refractivity contribution < 1.29 is 4.79 Å². The van der Waals surface area contributed by atoms with Gasteiger partial charge in [-0.2, -0.15) is 5.10 Å². The van der Waals surface area contributed by atoms with Crippen LogP contribution in [-0.4, -0.2) is 89.2 Å². The van der Waals surface area contributed by atoms with E-state index in [1.807, 2.05) is 28.9 Å². The number of aliphatic imine (C=N–C) groups is 1. The fourth-order valence-electron chi connectivity index (χ4n) is 4.30. The van der Waals surface area contributed by atoms with Gasteiger partial charge in [-0.3, -0.25) is 14.7 Å². The normalized spacial score (nSPS) is 18.3. The van der Waals surface area contributed by atoms with E-state index in [2.05, 4.69) is 49.5 Å². The number of piperidine rings is 1. The summed E-state index contributed by atoms with van der Waals surface area (Å²) >= 11 is 0. The highest BCUT2D eigenvalue weighted by Crippen LogP contribution is 2.12. The summed E-state index contributed by atoms with van der Waals surface area (Å²) in [6.07, 6.45) is 7.27. The molecule has 3 heterocycles. The summed E-state index contributed by atoms with van der Waals surface area (Å²) in [6.45, 7) is 6.62. The third kappa shape index (κ3) is 5.64. The van der Waals surface area contributed by atoms with E-state index in [0.717, 1.165) is 63.8 Å². The maximum absolute atomic E-state index is 12.5. The molecule has 1 amide bonds. The SMILES string of the molecule is CN=C(NCc1cccc(-n2cccn2)c1)N1CCN(CC(=O)N2CCCCC2)CC1. The van der Waals surface area contributed by atoms with Crippen molar-refractivity contribution in [1.82, 2.24) is 29.8 Å². The molecule has 2 fully saturated rings. The summed E-state index contributed by atoms with van der Waals surface area (Å²) in [5.74, 6) is 1.19. The number of aromatic nitrogens is 2. The average molecular weight is 424 g/mol. The van der Waals surface area contributed by atoms with Gasteiger partial charge in [0.25, 0.3) is 0 Å². The molecular weight excluding hydrogens is 390 g/mol. The summed E-state index contributed by atoms with van der Waals surface area (Å²) in [7, 11) is 1.83. The van der Waals surface area contributed by atoms with Gasteiger partial charge in [-0.15, -0.1) is 0 Å². The number of rotatable bonds is 5. The van der Waals surface area contributed by atoms with Gasteiger partial charge in [-0.05, 0) is 43.0 Å². The molecule has 0 spiro atoms. The molecule has 0 unspecified atom stereocenters. The summed E-state index contributed by atoms with van der Waals surface area (Å²) < 4.78 is 1.86. The van der Waals surface area contributed by atoms with E-state index in [4.69, 9.17) is 0 Å². The standard InChI is InChI=1S/C23H33N7O/c1-24-23(25-18-20-7-5-8-21(17-20)30-12-6-9-26-30)29-15-13-27(14-16-29)19-22(31)28-10-3-2-4-11-28/h5-9,12,17H,2-4,10-11,13-16,18-19H2,1H3,(H,24,25). The van der Waals surface area contributed by atoms with Crippen LogP contribution in [0.25, 0.3) is 5.69 Å². The predicted octanol–water partition coefficient (Wildman–Crippen LogP) is 1.58. The highest BCUT2D eigenvalue weighted by molar-refractivity contribution is 5.80. The van der Waals surface area contributed by atoms with Crippen LogP contribution in [0.4, 0.5) is 0 Å². The Labute approximate surface area is 184 Å². The van der Waals surface area contributed by atoms with Crippen LogP contribution in [0, 0.1) is 0 Å². The molecule has 0 saturated carbocycles. The van der Waals surface area contributed by atoms with Crippen molar-refractivity contribution in [2.45, 2.75) is 25.8 Å². The number of carbonyl (C=O) groups excluding carboxylic acids is 1. The fourth-order valence-corrected chi connectivity index (χ4v) is 4.30. The number of guanidine groups is 1. The van der Waals surface area contributed by atoms with Crippen molar-refractivity contribution in [3.8, 4) is 5.69 Å². The zero-order chi connectivity index (χ0) is 21.5. The molecule has 2 aromatic rings. The van der Waals surface area contributed by atoms with Crippen molar-refractivity contribution in [3.05, 3.63) is 48.3 Å². The van der Waals surface area contributed by atoms with E-state index < -0.39 is 0 Å². The van der Waals surface area contributed by atoms with Crippen molar-refractivity contribution >= 4 is 11.9 Å². The molecule has 1 aromatic heterocycles. The first-order valence-corrected chi connectivity index (χ1v) is 11.3. The Bertz CT molecular complexity index is 866. The van der Waals surface area contributed by atoms with Crippen LogP contribution in [0.2, 0.25) is 0 Å². The van der Waals surface area contributed by atoms with Crippen molar-refractivity contribution in [1.29, 1.82) is 0 Å². The lowest BCUT2D eigenvalue weighted by Gasteiger charge is -2.37. The van der Waals surface area contributed by atoms with E-state index in [1.165, 1.54) is 12.0 Å². The van der Waals surface area contributed by atoms with E-state index in [-0.39, 0.29) is 5.91 Å². The van der Waals surface area contributed by atoms with Crippen LogP contribution < -0.4 is 5.32 Å². The zero-order valence-electron chi connectivity index (χ0n) is 18.4. The molecule has 0 bridgehead atoms. The van der Waals surface area contributed by atoms with Gasteiger partial charge in [0, 0.05) is 65.3 Å². The van der Waals surface area contributed by atoms with E-state index in [0.29, 0.717) is 13.1 Å². The predicted molar refractivity (Wildman–Crippen MR) is 122 cm³/mol. The molecule has 166 valence electrons. The van der Waals surface area contributed by atoms with E-state index >= 15 is 0 Å². The molecule has 4 rings (SSSR count). The summed E-state index contributed by atoms with van der Waals surface area (Å²) in [5.41, 5.74) is 2.23. The van der Waals surface area contributed by atoms with Crippen molar-refractivity contribution in [2.75, 3.05) is 52.9 Å². The molecule has 0 atom stereocenters. The van der Waals surface area contributed by atoms with Gasteiger partial charge in [0.1, 0.15) is 0 Å². The molecule has 1 N–H and O–H groups in total. The van der Waals surface area contributed by atoms with Gasteiger partial charge in [0.05, 0.1) is 12.2 Å². The first kappa shape index (κ1) is 21.4. The lowest BCUT2D eigenvalue weighted by molar-refractivity contribution is -0.133. The molecule has 2 aliphatic rings. The molecular formula is C23H33N7O. The third-order valence-corrected chi connectivity index (χ3v) is 6.08. The van der Waals surface area contributed by atoms with Crippen LogP contribution in [-0.2, 0) is 11.3 Å². The van der Waals surface area contributed by atoms with Crippen LogP contribution >= 0.6 is 0 Å². The van der Waals surface area contributed by atoms with Crippen LogP contribution in [0.1, 0.15) is 24.8 Å². The second-order valence-electron chi connectivity index (χ2n) is 8.23. The Morgan fingerprint density at radius 1 is 1.03 bits per heavy atom. The molecule has 0 radical (unpaired) electrons. The highest BCUT2D eigenvalue weighted by atomic mass is 16.2. The monoisotopic (exact) mass is 423 g/mol. The second-order valence-corrected chi connectivity index (χ2v) is 8.23. The molecule has 8 nitrogen and oxygen atoms in total. The smallest absolute Gasteiger partial charge is 0.236 e. The average Bonchev–Trinajstić information content (AvgIpc) is 3.36. The lowest BCUT2D eigenvalue weighted by Crippen LogP contribution is -2.54. The third-order valence-electron chi connectivity index (χ3n) is 6.08. The molecule has 8 heteroatoms. The number of nitrogens with one attached hydrogen (secondary N) is 1. The zero-order valence-corrected chi connectivity index (χ0v) is 18.4. The van der Waals surface area contributed by atoms with E-state index in [9.17, 15) is 4.79 Å². The van der Waals surface area contributed by atoms with Crippen LogP contribution in [0.3, 0.4) is 0 Å². The van der Waals surface area contributed by atoms with Gasteiger partial charge in [0.15, 0.2) is 5.96 Å². The summed E-state index contributed by atoms with van der Waals surface area (Å²) in [4.78, 5) is 23.6. The fraction of sp³-hybridized carbons (Fsp3) is 0.522. The Kier molecular flexibility index (Phi) is 7.19. The number of carbonyl (C=O) groups is 1. The maximum Gasteiger partial charge on any atom is 0.236 e. The number of nitrogens with zero attached hydrogens (tertiary/aromatic N) is 6. The van der Waals surface area contributed by atoms with Gasteiger partial charge in [-0.25, -0.2) is 4.68 Å². The van der Waals surface area contributed by atoms with Gasteiger partial charge in [-0.1, -0.05) is 12.1 Å². The van der Waals surface area contributed by atoms with Gasteiger partial charge < -0.3 is 15.1 Å². The number of hydrogen-bond acceptors (Lipinski definition) is 4. The largest absolute Gasteiger partial charge is 0.352 e. The molecule has 2 aliphatic heterocycles. The molecule has 1 aromatic carbocycles. The van der Waals surface area contributed by atoms with Crippen LogP contribution in [0.15, 0.2) is 47.7 Å². The number of hydrogen-bond donors (Lipinski definition) is 1. The molecule has 2 saturated heterocycles. The summed E-state index contributed by atoms with van der Waals surface area (Å²) in [6, 6.07) is 10.3. The van der Waals surface area contributed by atoms with Crippen molar-refractivity contribution in [2.24, 2.45) is 4.99 Å². The summed E-state index contributed by atoms with van der Waals surface area (Å²) in [5, 5.41) is 7.79. The maximum atomic E-state index is 12.5. The Morgan fingerprint density at radius 3 is 2.55 bits per heavy atom. The number of likely N-dealkylation sites (tertiary alicyclic amines) is 1. The quantitative estimate of drug-likeness (QED) is 0.584. The Hall–Kier alpha value is -2.87. The minimum absolute atomic E-state index is 0.285. The highest BCUT2D eigenvalue weighted by Gasteiger charge is 2.24. The topological polar surface area (TPSA) is 69.0 Å². The minimum Gasteiger partial charge on any atom is -0.352 e. The second kappa shape index (κ2) is 10.4. The Morgan fingerprint density at radius 2 is 1.84 bits per heavy atom. The minimum atomic E-state index is 0.285. The van der Waals surface area contributed by atoms with Crippen LogP contribution in [0.5, 0.6) is 0 Å². The van der Waals surface area contributed by atoms with Gasteiger partial charge >= 0.3 is 0 Å². The first-order chi connectivity index (χ1) is 15.2. The van der Waals surface area contributed by atoms with Crippen molar-refractivity contribution in [3.63, 3.8) is 0 Å². The number of piperazine rings is 1. The van der Waals surface area contributed by atoms with E-state index in [1.54, 1.807) is 6.20 Å². The number of benzene rings is 1.